The molecule has 160 valence electrons. The molecule has 2 aromatic rings. The van der Waals surface area contributed by atoms with Gasteiger partial charge in [0, 0.05) is 18.7 Å². The molecule has 3 rings (SSSR count). The Balaban J connectivity index is 2.01. The fourth-order valence-electron chi connectivity index (χ4n) is 3.52. The van der Waals surface area contributed by atoms with Crippen LogP contribution in [0.2, 0.25) is 0 Å². The van der Waals surface area contributed by atoms with Crippen molar-refractivity contribution in [2.24, 2.45) is 5.73 Å². The quantitative estimate of drug-likeness (QED) is 0.580. The molecule has 0 radical (unpaired) electrons. The van der Waals surface area contributed by atoms with Gasteiger partial charge in [-0.3, -0.25) is 9.59 Å². The van der Waals surface area contributed by atoms with Gasteiger partial charge in [0.25, 0.3) is 5.91 Å². The second-order valence-electron chi connectivity index (χ2n) is 6.87. The summed E-state index contributed by atoms with van der Waals surface area (Å²) in [5.41, 5.74) is 9.43. The highest BCUT2D eigenvalue weighted by Crippen LogP contribution is 2.37. The summed E-state index contributed by atoms with van der Waals surface area (Å²) in [6.07, 6.45) is -2.80. The topological polar surface area (TPSA) is 107 Å². The molecule has 1 aliphatic rings. The second-order valence-corrected chi connectivity index (χ2v) is 6.87. The van der Waals surface area contributed by atoms with E-state index >= 15 is 0 Å². The lowest BCUT2D eigenvalue weighted by Crippen LogP contribution is -2.38. The maximum absolute atomic E-state index is 13.6. The average molecular weight is 425 g/mol. The summed E-state index contributed by atoms with van der Waals surface area (Å²) in [7, 11) is 0. The summed E-state index contributed by atoms with van der Waals surface area (Å²) in [4.78, 5) is 25.3. The maximum atomic E-state index is 13.6. The zero-order valence-electron chi connectivity index (χ0n) is 15.7. The monoisotopic (exact) mass is 425 g/mol. The largest absolute Gasteiger partial charge is 0.419 e. The number of nitrogens with two attached hydrogens (primary N) is 2. The highest BCUT2D eigenvalue weighted by atomic mass is 19.4. The number of anilines is 1. The minimum absolute atomic E-state index is 0.0936. The van der Waals surface area contributed by atoms with Crippen LogP contribution >= 0.6 is 0 Å². The lowest BCUT2D eigenvalue weighted by molar-refractivity contribution is -0.140. The Labute approximate surface area is 168 Å². The van der Waals surface area contributed by atoms with Gasteiger partial charge in [-0.1, -0.05) is 6.58 Å². The van der Waals surface area contributed by atoms with Crippen LogP contribution in [0.15, 0.2) is 30.9 Å². The number of aromatic nitrogens is 2. The van der Waals surface area contributed by atoms with Crippen LogP contribution in [-0.2, 0) is 11.0 Å². The summed E-state index contributed by atoms with van der Waals surface area (Å²) in [6.45, 7) is 4.23. The van der Waals surface area contributed by atoms with Gasteiger partial charge >= 0.3 is 6.18 Å². The first-order chi connectivity index (χ1) is 14.0. The molecule has 1 aromatic carbocycles. The zero-order valence-corrected chi connectivity index (χ0v) is 15.7. The molecule has 30 heavy (non-hydrogen) atoms. The fourth-order valence-corrected chi connectivity index (χ4v) is 3.52. The van der Waals surface area contributed by atoms with E-state index in [1.807, 2.05) is 0 Å². The molecule has 2 heterocycles. The van der Waals surface area contributed by atoms with Crippen LogP contribution in [0, 0.1) is 5.82 Å². The number of benzene rings is 1. The van der Waals surface area contributed by atoms with Gasteiger partial charge in [0.2, 0.25) is 5.91 Å². The van der Waals surface area contributed by atoms with Crippen LogP contribution in [0.5, 0.6) is 0 Å². The van der Waals surface area contributed by atoms with E-state index in [-0.39, 0.29) is 34.6 Å². The Morgan fingerprint density at radius 2 is 1.87 bits per heavy atom. The van der Waals surface area contributed by atoms with Crippen molar-refractivity contribution in [1.29, 1.82) is 0 Å². The molecule has 1 saturated heterocycles. The number of carbonyl (C=O) groups excluding carboxylic acids is 2. The molecule has 7 nitrogen and oxygen atoms in total. The lowest BCUT2D eigenvalue weighted by Gasteiger charge is -2.31. The molecule has 1 fully saturated rings. The SMILES string of the molecule is C=CC(=O)N1CCC(n2nc(-c3ccc(F)c(C(F)(F)F)c3)c(C(N)=O)c2N)CC1. The molecule has 0 saturated carbocycles. The predicted molar refractivity (Wildman–Crippen MR) is 101 cm³/mol. The third kappa shape index (κ3) is 3.87. The van der Waals surface area contributed by atoms with Gasteiger partial charge in [0.05, 0.1) is 11.6 Å². The fraction of sp³-hybridized carbons (Fsp3) is 0.316. The molecule has 0 atom stereocenters. The Hall–Kier alpha value is -3.37. The van der Waals surface area contributed by atoms with Gasteiger partial charge < -0.3 is 16.4 Å². The number of carbonyl (C=O) groups is 2. The standard InChI is InChI=1S/C19H19F4N5O2/c1-2-14(29)27-7-5-11(6-8-27)28-17(24)15(18(25)30)16(26-28)10-3-4-13(20)12(9-10)19(21,22)23/h2-4,9,11H,1,5-8,24H2,(H2,25,30). The van der Waals surface area contributed by atoms with Gasteiger partial charge in [-0.05, 0) is 37.1 Å². The number of piperidine rings is 1. The van der Waals surface area contributed by atoms with Crippen LogP contribution in [-0.4, -0.2) is 39.6 Å². The molecule has 2 amide bonds. The van der Waals surface area contributed by atoms with Crippen LogP contribution in [0.3, 0.4) is 0 Å². The predicted octanol–water partition coefficient (Wildman–Crippen LogP) is 2.74. The number of halogens is 4. The summed E-state index contributed by atoms with van der Waals surface area (Å²) < 4.78 is 54.2. The van der Waals surface area contributed by atoms with Gasteiger partial charge in [-0.2, -0.15) is 18.3 Å². The molecular weight excluding hydrogens is 406 g/mol. The van der Waals surface area contributed by atoms with E-state index in [4.69, 9.17) is 11.5 Å². The summed E-state index contributed by atoms with van der Waals surface area (Å²) in [5, 5.41) is 4.25. The summed E-state index contributed by atoms with van der Waals surface area (Å²) in [6, 6.07) is 2.00. The molecule has 0 spiro atoms. The highest BCUT2D eigenvalue weighted by Gasteiger charge is 2.35. The van der Waals surface area contributed by atoms with E-state index < -0.39 is 23.5 Å². The van der Waals surface area contributed by atoms with Crippen molar-refractivity contribution in [3.05, 3.63) is 47.8 Å². The minimum Gasteiger partial charge on any atom is -0.383 e. The van der Waals surface area contributed by atoms with Crippen molar-refractivity contribution in [2.45, 2.75) is 25.1 Å². The molecular formula is C19H19F4N5O2. The number of hydrogen-bond acceptors (Lipinski definition) is 4. The summed E-state index contributed by atoms with van der Waals surface area (Å²) in [5.74, 6) is -2.72. The van der Waals surface area contributed by atoms with Crippen LogP contribution in [0.4, 0.5) is 23.4 Å². The maximum Gasteiger partial charge on any atom is 0.419 e. The van der Waals surface area contributed by atoms with E-state index in [0.717, 1.165) is 6.07 Å². The molecule has 1 aromatic heterocycles. The van der Waals surface area contributed by atoms with Crippen LogP contribution in [0.25, 0.3) is 11.3 Å². The molecule has 11 heteroatoms. The first kappa shape index (κ1) is 21.3. The smallest absolute Gasteiger partial charge is 0.383 e. The number of nitrogen functional groups attached to an aromatic ring is 1. The molecule has 0 bridgehead atoms. The van der Waals surface area contributed by atoms with Crippen molar-refractivity contribution in [1.82, 2.24) is 14.7 Å². The van der Waals surface area contributed by atoms with Gasteiger partial charge in [-0.25, -0.2) is 9.07 Å². The Morgan fingerprint density at radius 1 is 1.23 bits per heavy atom. The van der Waals surface area contributed by atoms with Crippen molar-refractivity contribution < 1.29 is 27.2 Å². The first-order valence-corrected chi connectivity index (χ1v) is 9.00. The molecule has 4 N–H and O–H groups in total. The van der Waals surface area contributed by atoms with Crippen molar-refractivity contribution >= 4 is 17.6 Å². The number of rotatable bonds is 4. The number of amides is 2. The third-order valence-corrected chi connectivity index (χ3v) is 5.04. The van der Waals surface area contributed by atoms with Crippen molar-refractivity contribution in [3.63, 3.8) is 0 Å². The van der Waals surface area contributed by atoms with Crippen molar-refractivity contribution in [3.8, 4) is 11.3 Å². The van der Waals surface area contributed by atoms with Crippen molar-refractivity contribution in [2.75, 3.05) is 18.8 Å². The Kier molecular flexibility index (Phi) is 5.55. The van der Waals surface area contributed by atoms with Gasteiger partial charge in [0.15, 0.2) is 0 Å². The number of alkyl halides is 3. The minimum atomic E-state index is -4.92. The Morgan fingerprint density at radius 3 is 2.40 bits per heavy atom. The normalized spacial score (nSPS) is 15.3. The van der Waals surface area contributed by atoms with E-state index in [2.05, 4.69) is 11.7 Å². The lowest BCUT2D eigenvalue weighted by atomic mass is 10.0. The number of primary amides is 1. The van der Waals surface area contributed by atoms with Crippen LogP contribution in [0.1, 0.15) is 34.8 Å². The first-order valence-electron chi connectivity index (χ1n) is 9.00. The van der Waals surface area contributed by atoms with E-state index in [9.17, 15) is 27.2 Å². The van der Waals surface area contributed by atoms with Gasteiger partial charge in [-0.15, -0.1) is 0 Å². The number of likely N-dealkylation sites (tertiary alicyclic amines) is 1. The molecule has 0 unspecified atom stereocenters. The van der Waals surface area contributed by atoms with Crippen LogP contribution < -0.4 is 11.5 Å². The zero-order chi connectivity index (χ0) is 22.2. The highest BCUT2D eigenvalue weighted by molar-refractivity contribution is 6.03. The van der Waals surface area contributed by atoms with E-state index in [1.54, 1.807) is 4.90 Å². The Bertz CT molecular complexity index is 1010. The average Bonchev–Trinajstić information content (AvgIpc) is 3.04. The molecule has 0 aliphatic carbocycles. The van der Waals surface area contributed by atoms with E-state index in [1.165, 1.54) is 10.8 Å². The molecule has 1 aliphatic heterocycles. The third-order valence-electron chi connectivity index (χ3n) is 5.04. The number of nitrogens with zero attached hydrogens (tertiary/aromatic N) is 3. The second kappa shape index (κ2) is 7.81. The van der Waals surface area contributed by atoms with Gasteiger partial charge in [0.1, 0.15) is 22.9 Å². The summed E-state index contributed by atoms with van der Waals surface area (Å²) >= 11 is 0. The number of hydrogen-bond donors (Lipinski definition) is 2. The van der Waals surface area contributed by atoms with E-state index in [0.29, 0.717) is 38.1 Å².